The Kier molecular flexibility index (Phi) is 8.60. The Bertz CT molecular complexity index is 721. The second-order valence-electron chi connectivity index (χ2n) is 6.92. The van der Waals surface area contributed by atoms with Crippen molar-refractivity contribution in [1.82, 2.24) is 10.2 Å². The van der Waals surface area contributed by atoms with Gasteiger partial charge in [-0.1, -0.05) is 30.3 Å². The van der Waals surface area contributed by atoms with Crippen molar-refractivity contribution in [3.63, 3.8) is 0 Å². The lowest BCUT2D eigenvalue weighted by Gasteiger charge is -2.28. The molecule has 9 heteroatoms. The molecule has 9 nitrogen and oxygen atoms in total. The summed E-state index contributed by atoms with van der Waals surface area (Å²) in [6.45, 7) is 0.850. The van der Waals surface area contributed by atoms with Crippen LogP contribution in [0.4, 0.5) is 0 Å². The van der Waals surface area contributed by atoms with Gasteiger partial charge in [0, 0.05) is 20.2 Å². The number of hydrogen-bond donors (Lipinski definition) is 3. The third-order valence-corrected chi connectivity index (χ3v) is 4.86. The van der Waals surface area contributed by atoms with E-state index in [1.165, 1.54) is 12.0 Å². The number of aldehydes is 1. The molecule has 1 aliphatic heterocycles. The molecule has 1 aromatic carbocycles. The van der Waals surface area contributed by atoms with Crippen molar-refractivity contribution < 1.29 is 19.1 Å². The van der Waals surface area contributed by atoms with Crippen LogP contribution in [-0.2, 0) is 19.1 Å². The first-order valence-electron chi connectivity index (χ1n) is 9.67. The largest absolute Gasteiger partial charge is 0.370 e. The van der Waals surface area contributed by atoms with E-state index in [1.807, 2.05) is 30.3 Å². The highest BCUT2D eigenvalue weighted by atomic mass is 16.5. The predicted octanol–water partition coefficient (Wildman–Crippen LogP) is 0.102. The van der Waals surface area contributed by atoms with E-state index in [-0.39, 0.29) is 17.8 Å². The second-order valence-corrected chi connectivity index (χ2v) is 6.92. The number of likely N-dealkylation sites (tertiary alicyclic amines) is 1. The summed E-state index contributed by atoms with van der Waals surface area (Å²) in [5.41, 5.74) is 11.3. The van der Waals surface area contributed by atoms with Gasteiger partial charge >= 0.3 is 0 Å². The zero-order valence-electron chi connectivity index (χ0n) is 16.6. The van der Waals surface area contributed by atoms with E-state index < -0.39 is 18.2 Å². The molecular formula is C20H29N5O4. The van der Waals surface area contributed by atoms with Crippen LogP contribution in [0, 0.1) is 0 Å². The first-order valence-corrected chi connectivity index (χ1v) is 9.67. The van der Waals surface area contributed by atoms with Crippen LogP contribution in [-0.4, -0.2) is 61.2 Å². The Morgan fingerprint density at radius 1 is 1.34 bits per heavy atom. The fourth-order valence-corrected chi connectivity index (χ4v) is 3.43. The van der Waals surface area contributed by atoms with Crippen molar-refractivity contribution in [2.75, 3.05) is 20.2 Å². The van der Waals surface area contributed by atoms with Gasteiger partial charge in [0.2, 0.25) is 5.91 Å². The van der Waals surface area contributed by atoms with E-state index in [2.05, 4.69) is 10.3 Å². The van der Waals surface area contributed by atoms with Gasteiger partial charge in [-0.3, -0.25) is 14.6 Å². The average Bonchev–Trinajstić information content (AvgIpc) is 3.21. The minimum absolute atomic E-state index is 0.0112. The van der Waals surface area contributed by atoms with Crippen LogP contribution in [0.1, 0.15) is 37.4 Å². The van der Waals surface area contributed by atoms with Crippen LogP contribution in [0.25, 0.3) is 0 Å². The molecule has 1 aliphatic rings. The van der Waals surface area contributed by atoms with Crippen LogP contribution >= 0.6 is 0 Å². The van der Waals surface area contributed by atoms with Gasteiger partial charge in [0.25, 0.3) is 5.91 Å². The molecule has 1 fully saturated rings. The number of nitrogens with two attached hydrogens (primary N) is 2. The van der Waals surface area contributed by atoms with Gasteiger partial charge in [0.1, 0.15) is 12.3 Å². The molecule has 0 bridgehead atoms. The van der Waals surface area contributed by atoms with Gasteiger partial charge in [-0.15, -0.1) is 0 Å². The molecular weight excluding hydrogens is 374 g/mol. The third-order valence-electron chi connectivity index (χ3n) is 4.86. The molecule has 158 valence electrons. The number of benzene rings is 1. The SMILES string of the molecule is CO[C@@H](C(=O)N1CCC[C@H]1C(=O)N[C@H](C=O)CCCN=C(N)N)c1ccccc1. The summed E-state index contributed by atoms with van der Waals surface area (Å²) >= 11 is 0. The zero-order chi connectivity index (χ0) is 21.2. The Morgan fingerprint density at radius 3 is 2.69 bits per heavy atom. The summed E-state index contributed by atoms with van der Waals surface area (Å²) < 4.78 is 5.41. The normalized spacial score (nSPS) is 18.0. The van der Waals surface area contributed by atoms with Crippen LogP contribution in [0.15, 0.2) is 35.3 Å². The van der Waals surface area contributed by atoms with Gasteiger partial charge in [-0.05, 0) is 31.2 Å². The summed E-state index contributed by atoms with van der Waals surface area (Å²) in [7, 11) is 1.47. The molecule has 2 rings (SSSR count). The Morgan fingerprint density at radius 2 is 2.07 bits per heavy atom. The third kappa shape index (κ3) is 6.28. The molecule has 0 aliphatic carbocycles. The van der Waals surface area contributed by atoms with Gasteiger partial charge in [0.05, 0.1) is 6.04 Å². The molecule has 0 aromatic heterocycles. The molecule has 3 atom stereocenters. The maximum atomic E-state index is 13.0. The molecule has 1 aromatic rings. The average molecular weight is 403 g/mol. The van der Waals surface area contributed by atoms with Gasteiger partial charge < -0.3 is 31.2 Å². The number of guanidine groups is 1. The van der Waals surface area contributed by atoms with E-state index in [4.69, 9.17) is 16.2 Å². The van der Waals surface area contributed by atoms with Crippen molar-refractivity contribution in [2.24, 2.45) is 16.5 Å². The topological polar surface area (TPSA) is 140 Å². The first-order chi connectivity index (χ1) is 14.0. The van der Waals surface area contributed by atoms with Gasteiger partial charge in [-0.25, -0.2) is 0 Å². The van der Waals surface area contributed by atoms with E-state index in [9.17, 15) is 14.4 Å². The Balaban J connectivity index is 1.99. The number of ether oxygens (including phenoxy) is 1. The lowest BCUT2D eigenvalue weighted by molar-refractivity contribution is -0.147. The van der Waals surface area contributed by atoms with Crippen molar-refractivity contribution in [3.05, 3.63) is 35.9 Å². The minimum Gasteiger partial charge on any atom is -0.370 e. The predicted molar refractivity (Wildman–Crippen MR) is 109 cm³/mol. The van der Waals surface area contributed by atoms with E-state index in [1.54, 1.807) is 0 Å². The number of carbonyl (C=O) groups is 3. The van der Waals surface area contributed by atoms with Crippen molar-refractivity contribution in [3.8, 4) is 0 Å². The molecule has 29 heavy (non-hydrogen) atoms. The molecule has 0 saturated carbocycles. The zero-order valence-corrected chi connectivity index (χ0v) is 16.6. The van der Waals surface area contributed by atoms with Crippen molar-refractivity contribution >= 4 is 24.1 Å². The highest BCUT2D eigenvalue weighted by molar-refractivity contribution is 5.91. The van der Waals surface area contributed by atoms with Crippen molar-refractivity contribution in [1.29, 1.82) is 0 Å². The number of nitrogens with zero attached hydrogens (tertiary/aromatic N) is 2. The Labute approximate surface area is 170 Å². The number of nitrogens with one attached hydrogen (secondary N) is 1. The van der Waals surface area contributed by atoms with E-state index in [0.717, 1.165) is 5.56 Å². The lowest BCUT2D eigenvalue weighted by Crippen LogP contribution is -2.50. The second kappa shape index (κ2) is 11.2. The van der Waals surface area contributed by atoms with E-state index in [0.29, 0.717) is 45.1 Å². The maximum Gasteiger partial charge on any atom is 0.257 e. The van der Waals surface area contributed by atoms with E-state index >= 15 is 0 Å². The smallest absolute Gasteiger partial charge is 0.257 e. The molecule has 0 unspecified atom stereocenters. The molecule has 0 radical (unpaired) electrons. The minimum atomic E-state index is -0.772. The van der Waals surface area contributed by atoms with Crippen molar-refractivity contribution in [2.45, 2.75) is 43.9 Å². The quantitative estimate of drug-likeness (QED) is 0.219. The number of hydrogen-bond acceptors (Lipinski definition) is 5. The maximum absolute atomic E-state index is 13.0. The molecule has 0 spiro atoms. The monoisotopic (exact) mass is 403 g/mol. The molecule has 5 N–H and O–H groups in total. The van der Waals surface area contributed by atoms with Gasteiger partial charge in [-0.2, -0.15) is 0 Å². The highest BCUT2D eigenvalue weighted by Gasteiger charge is 2.38. The fourth-order valence-electron chi connectivity index (χ4n) is 3.43. The number of methoxy groups -OCH3 is 1. The number of carbonyl (C=O) groups excluding carboxylic acids is 3. The number of rotatable bonds is 10. The molecule has 2 amide bonds. The molecule has 1 saturated heterocycles. The summed E-state index contributed by atoms with van der Waals surface area (Å²) in [5, 5.41) is 2.73. The first kappa shape index (κ1) is 22.4. The molecule has 1 heterocycles. The van der Waals surface area contributed by atoms with Crippen LogP contribution in [0.5, 0.6) is 0 Å². The van der Waals surface area contributed by atoms with Crippen LogP contribution < -0.4 is 16.8 Å². The fraction of sp³-hybridized carbons (Fsp3) is 0.500. The van der Waals surface area contributed by atoms with Crippen LogP contribution in [0.3, 0.4) is 0 Å². The number of aliphatic imine (C=N–C) groups is 1. The summed E-state index contributed by atoms with van der Waals surface area (Å²) in [4.78, 5) is 42.5. The summed E-state index contributed by atoms with van der Waals surface area (Å²) in [5.74, 6) is -0.604. The summed E-state index contributed by atoms with van der Waals surface area (Å²) in [6.07, 6.45) is 2.14. The highest BCUT2D eigenvalue weighted by Crippen LogP contribution is 2.25. The lowest BCUT2D eigenvalue weighted by atomic mass is 10.1. The van der Waals surface area contributed by atoms with Crippen LogP contribution in [0.2, 0.25) is 0 Å². The number of amides is 2. The van der Waals surface area contributed by atoms with Gasteiger partial charge in [0.15, 0.2) is 12.1 Å². The summed E-state index contributed by atoms with van der Waals surface area (Å²) in [6, 6.07) is 7.89. The Hall–Kier alpha value is -2.94. The standard InChI is InChI=1S/C20H29N5O4/c1-29-17(14-7-3-2-4-8-14)19(28)25-12-6-10-16(25)18(27)24-15(13-26)9-5-11-23-20(21)22/h2-4,7-8,13,15-17H,5-6,9-12H2,1H3,(H,24,27)(H4,21,22,23)/t15-,16-,17+/m0/s1.